The van der Waals surface area contributed by atoms with E-state index in [1.54, 1.807) is 21.6 Å². The molecule has 0 bridgehead atoms. The molecule has 1 aliphatic carbocycles. The maximum Gasteiger partial charge on any atom is 0.264 e. The zero-order valence-corrected chi connectivity index (χ0v) is 21.2. The Morgan fingerprint density at radius 1 is 1.08 bits per heavy atom. The first-order chi connectivity index (χ1) is 17.5. The Labute approximate surface area is 216 Å². The number of amides is 1. The van der Waals surface area contributed by atoms with E-state index in [4.69, 9.17) is 17.6 Å². The lowest BCUT2D eigenvalue weighted by Crippen LogP contribution is -2.44. The normalized spacial score (nSPS) is 17.5. The fraction of sp³-hybridized carbons (Fsp3) is 0.393. The van der Waals surface area contributed by atoms with Crippen LogP contribution in [0, 0.1) is 0 Å². The van der Waals surface area contributed by atoms with Gasteiger partial charge >= 0.3 is 0 Å². The van der Waals surface area contributed by atoms with Crippen LogP contribution in [-0.2, 0) is 17.6 Å². The monoisotopic (exact) mass is 504 g/mol. The number of fused-ring (bicyclic) bond motifs is 1. The molecular weight excluding hydrogens is 472 g/mol. The Morgan fingerprint density at radius 3 is 2.53 bits per heavy atom. The van der Waals surface area contributed by atoms with Gasteiger partial charge in [-0.2, -0.15) is 0 Å². The molecule has 3 aromatic rings. The molecule has 36 heavy (non-hydrogen) atoms. The average Bonchev–Trinajstić information content (AvgIpc) is 2.84. The van der Waals surface area contributed by atoms with Crippen molar-refractivity contribution in [1.82, 2.24) is 19.8 Å². The molecule has 1 fully saturated rings. The van der Waals surface area contributed by atoms with Crippen LogP contribution in [0.5, 0.6) is 5.75 Å². The second kappa shape index (κ2) is 10.9. The number of hydrogen-bond acceptors (Lipinski definition) is 6. The lowest BCUT2D eigenvalue weighted by atomic mass is 9.84. The molecule has 2 heterocycles. The number of aromatic nitrogens is 2. The van der Waals surface area contributed by atoms with Gasteiger partial charge in [-0.25, -0.2) is 4.98 Å². The number of aromatic hydroxyl groups is 1. The highest BCUT2D eigenvalue weighted by Gasteiger charge is 2.35. The Hall–Kier alpha value is -3.10. The summed E-state index contributed by atoms with van der Waals surface area (Å²) >= 11 is 4.76. The number of nitrogens with one attached hydrogen (secondary N) is 1. The van der Waals surface area contributed by atoms with Gasteiger partial charge in [0.25, 0.3) is 5.56 Å². The third kappa shape index (κ3) is 5.06. The van der Waals surface area contributed by atoms with Gasteiger partial charge in [0.15, 0.2) is 0 Å². The first-order valence-electron chi connectivity index (χ1n) is 12.7. The molecule has 5 rings (SSSR count). The number of hydrogen-bond donors (Lipinski definition) is 3. The SMILES string of the molecule is O=C(CCNCCc1ccc(O)cc1)N1CCc2nc(C3CCC3)n(-c3ccccc3)c(=O)c2C1S. The van der Waals surface area contributed by atoms with Gasteiger partial charge in [0.1, 0.15) is 16.9 Å². The van der Waals surface area contributed by atoms with Crippen LogP contribution in [0.25, 0.3) is 5.69 Å². The molecule has 8 heteroatoms. The third-order valence-corrected chi connectivity index (χ3v) is 7.75. The number of nitrogens with zero attached hydrogens (tertiary/aromatic N) is 3. The fourth-order valence-electron chi connectivity index (χ4n) is 4.94. The molecule has 1 aliphatic heterocycles. The molecule has 1 unspecified atom stereocenters. The van der Waals surface area contributed by atoms with Gasteiger partial charge in [-0.05, 0) is 55.6 Å². The van der Waals surface area contributed by atoms with E-state index < -0.39 is 5.37 Å². The number of carbonyl (C=O) groups excluding carboxylic acids is 1. The van der Waals surface area contributed by atoms with E-state index in [-0.39, 0.29) is 17.2 Å². The maximum atomic E-state index is 13.8. The topological polar surface area (TPSA) is 87.5 Å². The molecule has 2 aliphatic rings. The van der Waals surface area contributed by atoms with Crippen molar-refractivity contribution in [2.24, 2.45) is 0 Å². The molecule has 7 nitrogen and oxygen atoms in total. The molecule has 1 saturated carbocycles. The summed E-state index contributed by atoms with van der Waals surface area (Å²) in [5.74, 6) is 1.38. The highest BCUT2D eigenvalue weighted by molar-refractivity contribution is 7.80. The van der Waals surface area contributed by atoms with Gasteiger partial charge in [-0.1, -0.05) is 36.8 Å². The van der Waals surface area contributed by atoms with Crippen molar-refractivity contribution in [3.8, 4) is 11.4 Å². The largest absolute Gasteiger partial charge is 0.508 e. The van der Waals surface area contributed by atoms with Crippen molar-refractivity contribution < 1.29 is 9.90 Å². The lowest BCUT2D eigenvalue weighted by molar-refractivity contribution is -0.132. The van der Waals surface area contributed by atoms with Gasteiger partial charge in [0.05, 0.1) is 16.9 Å². The molecule has 1 atom stereocenters. The summed E-state index contributed by atoms with van der Waals surface area (Å²) in [6, 6.07) is 16.8. The fourth-order valence-corrected chi connectivity index (χ4v) is 5.44. The second-order valence-electron chi connectivity index (χ2n) is 9.56. The van der Waals surface area contributed by atoms with Crippen LogP contribution in [0.15, 0.2) is 59.4 Å². The second-order valence-corrected chi connectivity index (χ2v) is 10.1. The zero-order valence-electron chi connectivity index (χ0n) is 20.3. The molecule has 2 aromatic carbocycles. The van der Waals surface area contributed by atoms with Crippen LogP contribution in [0.2, 0.25) is 0 Å². The van der Waals surface area contributed by atoms with Gasteiger partial charge < -0.3 is 15.3 Å². The number of carbonyl (C=O) groups is 1. The van der Waals surface area contributed by atoms with Crippen molar-refractivity contribution in [2.45, 2.75) is 49.8 Å². The van der Waals surface area contributed by atoms with Gasteiger partial charge in [0, 0.05) is 31.8 Å². The Bertz CT molecular complexity index is 1270. The van der Waals surface area contributed by atoms with Crippen molar-refractivity contribution in [3.63, 3.8) is 0 Å². The van der Waals surface area contributed by atoms with E-state index in [1.807, 2.05) is 42.5 Å². The molecule has 188 valence electrons. The summed E-state index contributed by atoms with van der Waals surface area (Å²) in [6.45, 7) is 1.80. The minimum absolute atomic E-state index is 0.0217. The number of phenols is 1. The van der Waals surface area contributed by atoms with Crippen LogP contribution in [0.1, 0.15) is 59.6 Å². The van der Waals surface area contributed by atoms with Crippen LogP contribution < -0.4 is 10.9 Å². The van der Waals surface area contributed by atoms with Gasteiger partial charge in [0.2, 0.25) is 5.91 Å². The van der Waals surface area contributed by atoms with Crippen molar-refractivity contribution in [2.75, 3.05) is 19.6 Å². The Balaban J connectivity index is 1.28. The predicted molar refractivity (Wildman–Crippen MR) is 143 cm³/mol. The summed E-state index contributed by atoms with van der Waals surface area (Å²) in [6.07, 6.45) is 4.97. The van der Waals surface area contributed by atoms with E-state index in [0.29, 0.717) is 37.4 Å². The number of thiol groups is 1. The molecular formula is C28H32N4O3S. The highest BCUT2D eigenvalue weighted by Crippen LogP contribution is 2.38. The van der Waals surface area contributed by atoms with Crippen LogP contribution in [-0.4, -0.2) is 45.1 Å². The average molecular weight is 505 g/mol. The van der Waals surface area contributed by atoms with Crippen molar-refractivity contribution in [1.29, 1.82) is 0 Å². The van der Waals surface area contributed by atoms with E-state index >= 15 is 0 Å². The quantitative estimate of drug-likeness (QED) is 0.321. The number of benzene rings is 2. The van der Waals surface area contributed by atoms with E-state index in [0.717, 1.165) is 55.0 Å². The Kier molecular flexibility index (Phi) is 7.43. The summed E-state index contributed by atoms with van der Waals surface area (Å²) in [5.41, 5.74) is 3.12. The smallest absolute Gasteiger partial charge is 0.264 e. The van der Waals surface area contributed by atoms with E-state index in [1.165, 1.54) is 0 Å². The molecule has 0 spiro atoms. The van der Waals surface area contributed by atoms with Crippen molar-refractivity contribution in [3.05, 3.63) is 87.6 Å². The standard InChI is InChI=1S/C28H32N4O3S/c33-22-11-9-19(10-12-22)13-16-29-17-14-24(34)31-18-15-23-25(28(31)36)27(35)32(21-7-2-1-3-8-21)26(30-23)20-5-4-6-20/h1-3,7-12,20,28-29,33,36H,4-6,13-18H2. The molecule has 1 amide bonds. The van der Waals surface area contributed by atoms with E-state index in [2.05, 4.69) is 5.32 Å². The van der Waals surface area contributed by atoms with E-state index in [9.17, 15) is 14.7 Å². The minimum atomic E-state index is -0.608. The number of para-hydroxylation sites is 1. The Morgan fingerprint density at radius 2 is 1.83 bits per heavy atom. The van der Waals surface area contributed by atoms with Gasteiger partial charge in [-0.3, -0.25) is 14.2 Å². The summed E-state index contributed by atoms with van der Waals surface area (Å²) in [5, 5.41) is 12.1. The van der Waals surface area contributed by atoms with Crippen molar-refractivity contribution >= 4 is 18.5 Å². The molecule has 0 saturated heterocycles. The maximum absolute atomic E-state index is 13.8. The minimum Gasteiger partial charge on any atom is -0.508 e. The number of phenolic OH excluding ortho intramolecular Hbond substituents is 1. The number of rotatable bonds is 8. The summed E-state index contributed by atoms with van der Waals surface area (Å²) in [7, 11) is 0. The first kappa shape index (κ1) is 24.6. The molecule has 2 N–H and O–H groups in total. The third-order valence-electron chi connectivity index (χ3n) is 7.21. The van der Waals surface area contributed by atoms with Crippen LogP contribution in [0.3, 0.4) is 0 Å². The van der Waals surface area contributed by atoms with Crippen LogP contribution >= 0.6 is 12.6 Å². The summed E-state index contributed by atoms with van der Waals surface area (Å²) < 4.78 is 1.74. The molecule has 1 aromatic heterocycles. The van der Waals surface area contributed by atoms with Gasteiger partial charge in [-0.15, -0.1) is 12.6 Å². The molecule has 0 radical (unpaired) electrons. The first-order valence-corrected chi connectivity index (χ1v) is 13.2. The van der Waals surface area contributed by atoms with Crippen LogP contribution in [0.4, 0.5) is 0 Å². The zero-order chi connectivity index (χ0) is 25.1. The highest BCUT2D eigenvalue weighted by atomic mass is 32.1. The summed E-state index contributed by atoms with van der Waals surface area (Å²) in [4.78, 5) is 33.6. The predicted octanol–water partition coefficient (Wildman–Crippen LogP) is 3.74. The lowest BCUT2D eigenvalue weighted by Gasteiger charge is -2.35.